The maximum absolute atomic E-state index is 13.7. The Morgan fingerprint density at radius 2 is 1.81 bits per heavy atom. The van der Waals surface area contributed by atoms with E-state index in [9.17, 15) is 17.2 Å². The van der Waals surface area contributed by atoms with Crippen LogP contribution in [-0.2, 0) is 10.0 Å². The van der Waals surface area contributed by atoms with E-state index < -0.39 is 26.6 Å². The van der Waals surface area contributed by atoms with Crippen molar-refractivity contribution in [1.29, 1.82) is 0 Å². The molecule has 1 heterocycles. The number of pyridine rings is 1. The highest BCUT2D eigenvalue weighted by atomic mass is 32.2. The third-order valence-corrected chi connectivity index (χ3v) is 4.00. The molecule has 0 aliphatic heterocycles. The number of nitrogens with two attached hydrogens (primary N) is 1. The quantitative estimate of drug-likeness (QED) is 0.852. The van der Waals surface area contributed by atoms with E-state index in [1.165, 1.54) is 6.07 Å². The summed E-state index contributed by atoms with van der Waals surface area (Å²) < 4.78 is 53.3. The number of nitrogens with zero attached hydrogens (tertiary/aromatic N) is 1. The molecule has 0 aliphatic rings. The zero-order chi connectivity index (χ0) is 15.8. The van der Waals surface area contributed by atoms with E-state index in [1.54, 1.807) is 19.9 Å². The van der Waals surface area contributed by atoms with Gasteiger partial charge in [0.05, 0.1) is 0 Å². The summed E-state index contributed by atoms with van der Waals surface area (Å²) in [6.45, 7) is 3.44. The normalized spacial score (nSPS) is 11.4. The molecule has 0 amide bonds. The van der Waals surface area contributed by atoms with Crippen LogP contribution < -0.4 is 10.5 Å². The first kappa shape index (κ1) is 15.2. The van der Waals surface area contributed by atoms with E-state index in [2.05, 4.69) is 9.71 Å². The summed E-state index contributed by atoms with van der Waals surface area (Å²) in [5.74, 6) is -2.79. The van der Waals surface area contributed by atoms with Crippen molar-refractivity contribution in [3.63, 3.8) is 0 Å². The summed E-state index contributed by atoms with van der Waals surface area (Å²) in [5.41, 5.74) is 6.53. The predicted molar refractivity (Wildman–Crippen MR) is 75.3 cm³/mol. The molecule has 1 aromatic carbocycles. The van der Waals surface area contributed by atoms with Gasteiger partial charge in [0.15, 0.2) is 11.6 Å². The number of aryl methyl sites for hydroxylation is 2. The Bertz CT molecular complexity index is 787. The number of benzene rings is 1. The van der Waals surface area contributed by atoms with Crippen molar-refractivity contribution in [2.24, 2.45) is 0 Å². The molecule has 5 nitrogen and oxygen atoms in total. The van der Waals surface area contributed by atoms with E-state index in [4.69, 9.17) is 5.73 Å². The third kappa shape index (κ3) is 3.27. The number of sulfonamides is 1. The summed E-state index contributed by atoms with van der Waals surface area (Å²) in [4.78, 5) is 3.12. The van der Waals surface area contributed by atoms with Crippen molar-refractivity contribution >= 4 is 21.5 Å². The fraction of sp³-hybridized carbons (Fsp3) is 0.154. The molecule has 1 aromatic heterocycles. The highest BCUT2D eigenvalue weighted by Gasteiger charge is 2.23. The molecule has 0 atom stereocenters. The Kier molecular flexibility index (Phi) is 3.82. The first-order valence-electron chi connectivity index (χ1n) is 5.91. The van der Waals surface area contributed by atoms with Gasteiger partial charge < -0.3 is 5.73 Å². The Morgan fingerprint density at radius 1 is 1.14 bits per heavy atom. The van der Waals surface area contributed by atoms with Crippen LogP contribution in [0.3, 0.4) is 0 Å². The monoisotopic (exact) mass is 313 g/mol. The molecule has 21 heavy (non-hydrogen) atoms. The van der Waals surface area contributed by atoms with E-state index in [-0.39, 0.29) is 11.5 Å². The number of rotatable bonds is 3. The van der Waals surface area contributed by atoms with E-state index in [0.29, 0.717) is 11.8 Å². The zero-order valence-electron chi connectivity index (χ0n) is 11.3. The van der Waals surface area contributed by atoms with Gasteiger partial charge in [-0.2, -0.15) is 0 Å². The second-order valence-electron chi connectivity index (χ2n) is 4.59. The molecule has 2 rings (SSSR count). The molecular weight excluding hydrogens is 300 g/mol. The summed E-state index contributed by atoms with van der Waals surface area (Å²) in [7, 11) is -4.33. The predicted octanol–water partition coefficient (Wildman–Crippen LogP) is 2.36. The number of hydrogen-bond acceptors (Lipinski definition) is 4. The van der Waals surface area contributed by atoms with Gasteiger partial charge in [0.25, 0.3) is 10.0 Å². The minimum Gasteiger partial charge on any atom is -0.399 e. The van der Waals surface area contributed by atoms with Gasteiger partial charge >= 0.3 is 0 Å². The topological polar surface area (TPSA) is 85.1 Å². The third-order valence-electron chi connectivity index (χ3n) is 2.64. The summed E-state index contributed by atoms with van der Waals surface area (Å²) in [6, 6.07) is 4.79. The van der Waals surface area contributed by atoms with Gasteiger partial charge in [0, 0.05) is 11.4 Å². The molecule has 0 saturated heterocycles. The molecular formula is C13H13F2N3O2S. The average Bonchev–Trinajstić information content (AvgIpc) is 2.31. The van der Waals surface area contributed by atoms with Gasteiger partial charge in [-0.15, -0.1) is 0 Å². The van der Waals surface area contributed by atoms with Gasteiger partial charge in [-0.1, -0.05) is 0 Å². The molecule has 112 valence electrons. The average molecular weight is 313 g/mol. The van der Waals surface area contributed by atoms with Crippen LogP contribution in [0.2, 0.25) is 0 Å². The Hall–Kier alpha value is -2.22. The summed E-state index contributed by atoms with van der Waals surface area (Å²) in [6.07, 6.45) is 0. The van der Waals surface area contributed by atoms with Crippen molar-refractivity contribution < 1.29 is 17.2 Å². The number of aromatic nitrogens is 1. The SMILES string of the molecule is Cc1cc(C)nc(NS(=O)(=O)c2cc(N)cc(F)c2F)c1. The summed E-state index contributed by atoms with van der Waals surface area (Å²) in [5, 5.41) is 0. The zero-order valence-corrected chi connectivity index (χ0v) is 12.1. The van der Waals surface area contributed by atoms with Crippen molar-refractivity contribution in [1.82, 2.24) is 4.98 Å². The number of halogens is 2. The van der Waals surface area contributed by atoms with Gasteiger partial charge in [-0.25, -0.2) is 22.2 Å². The number of nitrogens with one attached hydrogen (secondary N) is 1. The largest absolute Gasteiger partial charge is 0.399 e. The lowest BCUT2D eigenvalue weighted by Gasteiger charge is -2.10. The molecule has 0 bridgehead atoms. The number of nitrogen functional groups attached to an aromatic ring is 1. The minimum absolute atomic E-state index is 0.0229. The smallest absolute Gasteiger partial charge is 0.266 e. The van der Waals surface area contributed by atoms with Crippen molar-refractivity contribution in [2.45, 2.75) is 18.7 Å². The van der Waals surface area contributed by atoms with Gasteiger partial charge in [0.2, 0.25) is 0 Å². The Morgan fingerprint density at radius 3 is 2.43 bits per heavy atom. The second kappa shape index (κ2) is 5.28. The van der Waals surface area contributed by atoms with Crippen molar-refractivity contribution in [3.05, 3.63) is 47.2 Å². The molecule has 0 radical (unpaired) electrons. The van der Waals surface area contributed by atoms with E-state index in [0.717, 1.165) is 11.6 Å². The number of anilines is 2. The molecule has 0 aliphatic carbocycles. The maximum atomic E-state index is 13.7. The highest BCUT2D eigenvalue weighted by molar-refractivity contribution is 7.92. The Balaban J connectivity index is 2.48. The summed E-state index contributed by atoms with van der Waals surface area (Å²) >= 11 is 0. The first-order chi connectivity index (χ1) is 9.69. The molecule has 0 saturated carbocycles. The van der Waals surface area contributed by atoms with Gasteiger partial charge in [0.1, 0.15) is 10.7 Å². The number of hydrogen-bond donors (Lipinski definition) is 2. The maximum Gasteiger partial charge on any atom is 0.266 e. The van der Waals surface area contributed by atoms with E-state index in [1.807, 2.05) is 0 Å². The van der Waals surface area contributed by atoms with Crippen LogP contribution in [0, 0.1) is 25.5 Å². The lowest BCUT2D eigenvalue weighted by Crippen LogP contribution is -2.17. The van der Waals surface area contributed by atoms with Crippen LogP contribution in [0.1, 0.15) is 11.3 Å². The molecule has 3 N–H and O–H groups in total. The van der Waals surface area contributed by atoms with Crippen LogP contribution in [-0.4, -0.2) is 13.4 Å². The molecule has 2 aromatic rings. The minimum atomic E-state index is -4.33. The van der Waals surface area contributed by atoms with Crippen LogP contribution >= 0.6 is 0 Å². The second-order valence-corrected chi connectivity index (χ2v) is 6.24. The fourth-order valence-corrected chi connectivity index (χ4v) is 2.98. The lowest BCUT2D eigenvalue weighted by atomic mass is 10.2. The molecule has 0 unspecified atom stereocenters. The Labute approximate surface area is 120 Å². The van der Waals surface area contributed by atoms with Crippen molar-refractivity contribution in [2.75, 3.05) is 10.5 Å². The van der Waals surface area contributed by atoms with Crippen LogP contribution in [0.15, 0.2) is 29.2 Å². The van der Waals surface area contributed by atoms with Gasteiger partial charge in [-0.3, -0.25) is 4.72 Å². The first-order valence-corrected chi connectivity index (χ1v) is 7.40. The van der Waals surface area contributed by atoms with Crippen molar-refractivity contribution in [3.8, 4) is 0 Å². The van der Waals surface area contributed by atoms with Crippen LogP contribution in [0.4, 0.5) is 20.3 Å². The van der Waals surface area contributed by atoms with E-state index >= 15 is 0 Å². The molecule has 0 fully saturated rings. The molecule has 0 spiro atoms. The molecule has 8 heteroatoms. The lowest BCUT2D eigenvalue weighted by molar-refractivity contribution is 0.486. The highest BCUT2D eigenvalue weighted by Crippen LogP contribution is 2.23. The van der Waals surface area contributed by atoms with Crippen LogP contribution in [0.25, 0.3) is 0 Å². The standard InChI is InChI=1S/C13H13F2N3O2S/c1-7-3-8(2)17-12(4-7)18-21(19,20)11-6-9(16)5-10(14)13(11)15/h3-6H,16H2,1-2H3,(H,17,18). The van der Waals surface area contributed by atoms with Gasteiger partial charge in [-0.05, 0) is 43.7 Å². The van der Waals surface area contributed by atoms with Crippen LogP contribution in [0.5, 0.6) is 0 Å². The fourth-order valence-electron chi connectivity index (χ4n) is 1.87.